The maximum absolute atomic E-state index is 11.7. The van der Waals surface area contributed by atoms with E-state index >= 15 is 0 Å². The minimum atomic E-state index is -0.812. The van der Waals surface area contributed by atoms with E-state index in [0.717, 1.165) is 5.69 Å². The number of carboxylic acid groups (broad SMARTS) is 1. The second-order valence-corrected chi connectivity index (χ2v) is 4.61. The summed E-state index contributed by atoms with van der Waals surface area (Å²) in [5.74, 6) is -1.18. The maximum atomic E-state index is 11.7. The van der Waals surface area contributed by atoms with E-state index in [2.05, 4.69) is 5.10 Å². The minimum Gasteiger partial charge on any atom is -0.481 e. The Hall–Kier alpha value is -1.85. The van der Waals surface area contributed by atoms with E-state index in [4.69, 9.17) is 5.11 Å². The van der Waals surface area contributed by atoms with Gasteiger partial charge < -0.3 is 10.0 Å². The third kappa shape index (κ3) is 2.69. The number of carboxylic acids is 1. The molecule has 1 fully saturated rings. The van der Waals surface area contributed by atoms with E-state index in [9.17, 15) is 9.59 Å². The summed E-state index contributed by atoms with van der Waals surface area (Å²) >= 11 is 0. The van der Waals surface area contributed by atoms with Gasteiger partial charge in [-0.15, -0.1) is 0 Å². The smallest absolute Gasteiger partial charge is 0.308 e. The number of amides is 1. The van der Waals surface area contributed by atoms with Gasteiger partial charge in [-0.3, -0.25) is 14.3 Å². The summed E-state index contributed by atoms with van der Waals surface area (Å²) < 4.78 is 1.77. The summed E-state index contributed by atoms with van der Waals surface area (Å²) in [5.41, 5.74) is 1.04. The molecule has 0 saturated carbocycles. The van der Waals surface area contributed by atoms with Gasteiger partial charge >= 0.3 is 5.97 Å². The number of rotatable bonds is 4. The number of carbonyl (C=O) groups is 2. The Morgan fingerprint density at radius 2 is 2.39 bits per heavy atom. The lowest BCUT2D eigenvalue weighted by Crippen LogP contribution is -2.43. The van der Waals surface area contributed by atoms with Crippen LogP contribution < -0.4 is 0 Å². The lowest BCUT2D eigenvalue weighted by atomic mass is 9.97. The van der Waals surface area contributed by atoms with Gasteiger partial charge in [-0.05, 0) is 12.5 Å². The molecule has 98 valence electrons. The van der Waals surface area contributed by atoms with Crippen molar-refractivity contribution < 1.29 is 14.7 Å². The molecule has 2 rings (SSSR count). The molecule has 1 atom stereocenters. The molecule has 0 aromatic carbocycles. The Labute approximate surface area is 105 Å². The van der Waals surface area contributed by atoms with Crippen LogP contribution in [-0.4, -0.2) is 44.8 Å². The first-order valence-corrected chi connectivity index (χ1v) is 6.05. The van der Waals surface area contributed by atoms with Crippen LogP contribution in [0.1, 0.15) is 18.5 Å². The molecule has 0 spiro atoms. The van der Waals surface area contributed by atoms with Crippen molar-refractivity contribution in [2.75, 3.05) is 13.1 Å². The van der Waals surface area contributed by atoms with Crippen LogP contribution in [0.15, 0.2) is 12.3 Å². The number of carbonyl (C=O) groups excluding carboxylic acids is 1. The SMILES string of the molecule is Cn1nccc1CCN1CC(C(=O)O)CCC1=O. The molecule has 6 heteroatoms. The molecular formula is C12H17N3O3. The zero-order valence-electron chi connectivity index (χ0n) is 10.4. The van der Waals surface area contributed by atoms with Gasteiger partial charge in [-0.25, -0.2) is 0 Å². The molecule has 1 aliphatic rings. The summed E-state index contributed by atoms with van der Waals surface area (Å²) in [4.78, 5) is 24.3. The summed E-state index contributed by atoms with van der Waals surface area (Å²) in [5, 5.41) is 13.0. The highest BCUT2D eigenvalue weighted by atomic mass is 16.4. The molecule has 0 radical (unpaired) electrons. The number of aromatic nitrogens is 2. The number of hydrogen-bond acceptors (Lipinski definition) is 3. The van der Waals surface area contributed by atoms with Gasteiger partial charge in [0.25, 0.3) is 0 Å². The summed E-state index contributed by atoms with van der Waals surface area (Å²) in [7, 11) is 1.85. The van der Waals surface area contributed by atoms with Crippen LogP contribution in [0.3, 0.4) is 0 Å². The monoisotopic (exact) mass is 251 g/mol. The first-order chi connectivity index (χ1) is 8.58. The quantitative estimate of drug-likeness (QED) is 0.834. The first kappa shape index (κ1) is 12.6. The summed E-state index contributed by atoms with van der Waals surface area (Å²) in [6, 6.07) is 1.91. The molecule has 2 heterocycles. The normalized spacial score (nSPS) is 20.2. The molecule has 1 saturated heterocycles. The van der Waals surface area contributed by atoms with Crippen molar-refractivity contribution in [1.29, 1.82) is 0 Å². The molecular weight excluding hydrogens is 234 g/mol. The predicted molar refractivity (Wildman–Crippen MR) is 63.9 cm³/mol. The lowest BCUT2D eigenvalue weighted by Gasteiger charge is -2.30. The van der Waals surface area contributed by atoms with Crippen LogP contribution in [0.2, 0.25) is 0 Å². The van der Waals surface area contributed by atoms with Crippen molar-refractivity contribution in [3.63, 3.8) is 0 Å². The number of piperidine rings is 1. The number of nitrogens with zero attached hydrogens (tertiary/aromatic N) is 3. The van der Waals surface area contributed by atoms with Gasteiger partial charge in [0.15, 0.2) is 0 Å². The van der Waals surface area contributed by atoms with Crippen LogP contribution in [0, 0.1) is 5.92 Å². The Balaban J connectivity index is 1.93. The van der Waals surface area contributed by atoms with Crippen LogP contribution in [0.5, 0.6) is 0 Å². The Kier molecular flexibility index (Phi) is 3.64. The van der Waals surface area contributed by atoms with Crippen molar-refractivity contribution in [1.82, 2.24) is 14.7 Å². The molecule has 1 N–H and O–H groups in total. The first-order valence-electron chi connectivity index (χ1n) is 6.05. The van der Waals surface area contributed by atoms with Crippen LogP contribution in [0.4, 0.5) is 0 Å². The van der Waals surface area contributed by atoms with Crippen molar-refractivity contribution in [2.24, 2.45) is 13.0 Å². The molecule has 0 bridgehead atoms. The second-order valence-electron chi connectivity index (χ2n) is 4.61. The Morgan fingerprint density at radius 1 is 1.61 bits per heavy atom. The zero-order valence-corrected chi connectivity index (χ0v) is 10.4. The maximum Gasteiger partial charge on any atom is 0.308 e. The third-order valence-corrected chi connectivity index (χ3v) is 3.41. The Morgan fingerprint density at radius 3 is 3.00 bits per heavy atom. The third-order valence-electron chi connectivity index (χ3n) is 3.41. The van der Waals surface area contributed by atoms with Crippen LogP contribution in [-0.2, 0) is 23.1 Å². The van der Waals surface area contributed by atoms with Crippen LogP contribution in [0.25, 0.3) is 0 Å². The molecule has 1 amide bonds. The number of aryl methyl sites for hydroxylation is 1. The van der Waals surface area contributed by atoms with Gasteiger partial charge in [-0.1, -0.05) is 0 Å². The molecule has 1 unspecified atom stereocenters. The summed E-state index contributed by atoms with van der Waals surface area (Å²) in [6.07, 6.45) is 3.21. The topological polar surface area (TPSA) is 75.4 Å². The zero-order chi connectivity index (χ0) is 13.1. The molecule has 1 aromatic heterocycles. The van der Waals surface area contributed by atoms with Gasteiger partial charge in [0.05, 0.1) is 5.92 Å². The predicted octanol–water partition coefficient (Wildman–Crippen LogP) is 0.286. The van der Waals surface area contributed by atoms with Crippen molar-refractivity contribution in [3.8, 4) is 0 Å². The molecule has 6 nitrogen and oxygen atoms in total. The van der Waals surface area contributed by atoms with E-state index in [1.54, 1.807) is 15.8 Å². The van der Waals surface area contributed by atoms with E-state index in [1.165, 1.54) is 0 Å². The number of aliphatic carboxylic acids is 1. The largest absolute Gasteiger partial charge is 0.481 e. The fourth-order valence-corrected chi connectivity index (χ4v) is 2.23. The number of hydrogen-bond donors (Lipinski definition) is 1. The van der Waals surface area contributed by atoms with Gasteiger partial charge in [0.1, 0.15) is 0 Å². The van der Waals surface area contributed by atoms with E-state index in [-0.39, 0.29) is 5.91 Å². The fourth-order valence-electron chi connectivity index (χ4n) is 2.23. The summed E-state index contributed by atoms with van der Waals surface area (Å²) in [6.45, 7) is 0.883. The second kappa shape index (κ2) is 5.20. The highest BCUT2D eigenvalue weighted by Gasteiger charge is 2.29. The average Bonchev–Trinajstić information content (AvgIpc) is 2.73. The lowest BCUT2D eigenvalue weighted by molar-refractivity contribution is -0.147. The van der Waals surface area contributed by atoms with E-state index in [0.29, 0.717) is 32.4 Å². The van der Waals surface area contributed by atoms with Crippen LogP contribution >= 0.6 is 0 Å². The highest BCUT2D eigenvalue weighted by Crippen LogP contribution is 2.18. The minimum absolute atomic E-state index is 0.0506. The van der Waals surface area contributed by atoms with Gasteiger partial charge in [0, 0.05) is 44.9 Å². The highest BCUT2D eigenvalue weighted by molar-refractivity contribution is 5.80. The van der Waals surface area contributed by atoms with Gasteiger partial charge in [-0.2, -0.15) is 5.10 Å². The molecule has 0 aliphatic carbocycles. The molecule has 1 aliphatic heterocycles. The fraction of sp³-hybridized carbons (Fsp3) is 0.583. The van der Waals surface area contributed by atoms with Crippen molar-refractivity contribution in [2.45, 2.75) is 19.3 Å². The van der Waals surface area contributed by atoms with Crippen molar-refractivity contribution in [3.05, 3.63) is 18.0 Å². The molecule has 1 aromatic rings. The van der Waals surface area contributed by atoms with E-state index < -0.39 is 11.9 Å². The van der Waals surface area contributed by atoms with Crippen molar-refractivity contribution >= 4 is 11.9 Å². The Bertz CT molecular complexity index is 455. The average molecular weight is 251 g/mol. The number of likely N-dealkylation sites (tertiary alicyclic amines) is 1. The standard InChI is InChI=1S/C12H17N3O3/c1-14-10(4-6-13-14)5-7-15-8-9(12(17)18)2-3-11(15)16/h4,6,9H,2-3,5,7-8H2,1H3,(H,17,18). The van der Waals surface area contributed by atoms with Gasteiger partial charge in [0.2, 0.25) is 5.91 Å². The molecule has 18 heavy (non-hydrogen) atoms. The van der Waals surface area contributed by atoms with E-state index in [1.807, 2.05) is 13.1 Å².